The highest BCUT2D eigenvalue weighted by molar-refractivity contribution is 7.99. The number of amides is 2. The number of nitrogens with zero attached hydrogens (tertiary/aromatic N) is 2. The monoisotopic (exact) mass is 561 g/mol. The average molecular weight is 562 g/mol. The van der Waals surface area contributed by atoms with Crippen molar-refractivity contribution in [3.63, 3.8) is 0 Å². The quantitative estimate of drug-likeness (QED) is 0.118. The first-order valence-corrected chi connectivity index (χ1v) is 13.8. The Bertz CT molecular complexity index is 1550. The molecule has 0 radical (unpaired) electrons. The highest BCUT2D eigenvalue weighted by Crippen LogP contribution is 2.28. The lowest BCUT2D eigenvalue weighted by molar-refractivity contribution is -0.122. The van der Waals surface area contributed by atoms with Crippen molar-refractivity contribution in [3.8, 4) is 5.75 Å². The van der Waals surface area contributed by atoms with Crippen LogP contribution >= 0.6 is 35.6 Å². The molecule has 1 fully saturated rings. The summed E-state index contributed by atoms with van der Waals surface area (Å²) in [6, 6.07) is 22.8. The van der Waals surface area contributed by atoms with E-state index >= 15 is 0 Å². The van der Waals surface area contributed by atoms with Gasteiger partial charge in [-0.15, -0.1) is 11.8 Å². The maximum absolute atomic E-state index is 13.5. The van der Waals surface area contributed by atoms with Crippen LogP contribution in [0, 0.1) is 0 Å². The van der Waals surface area contributed by atoms with Gasteiger partial charge in [0.15, 0.2) is 5.11 Å². The van der Waals surface area contributed by atoms with Crippen LogP contribution in [0.1, 0.15) is 12.5 Å². The molecule has 6 nitrogen and oxygen atoms in total. The SMILES string of the molecule is CCOc1ccc(N2C(=O)/C(=C/c3cn(CCSc4ccc(Cl)cc4)c4ccccc34)C(=O)NC2=S)cc1. The number of rotatable bonds is 8. The fourth-order valence-corrected chi connectivity index (χ4v) is 5.53. The molecule has 0 bridgehead atoms. The molecule has 3 aromatic carbocycles. The number of fused-ring (bicyclic) bond motifs is 1. The number of thioether (sulfide) groups is 1. The summed E-state index contributed by atoms with van der Waals surface area (Å²) >= 11 is 13.1. The number of thiocarbonyl (C=S) groups is 1. The van der Waals surface area contributed by atoms with Crippen LogP contribution in [0.3, 0.4) is 0 Å². The number of hydrogen-bond donors (Lipinski definition) is 1. The first-order chi connectivity index (χ1) is 18.4. The molecule has 192 valence electrons. The first kappa shape index (κ1) is 26.0. The number of carbonyl (C=O) groups is 2. The molecule has 0 atom stereocenters. The minimum atomic E-state index is -0.516. The fraction of sp³-hybridized carbons (Fsp3) is 0.138. The topological polar surface area (TPSA) is 63.6 Å². The van der Waals surface area contributed by atoms with Gasteiger partial charge < -0.3 is 9.30 Å². The van der Waals surface area contributed by atoms with Gasteiger partial charge in [-0.25, -0.2) is 0 Å². The van der Waals surface area contributed by atoms with Crippen molar-refractivity contribution >= 4 is 75.2 Å². The van der Waals surface area contributed by atoms with E-state index in [1.54, 1.807) is 42.1 Å². The minimum absolute atomic E-state index is 0.0194. The van der Waals surface area contributed by atoms with Crippen molar-refractivity contribution < 1.29 is 14.3 Å². The highest BCUT2D eigenvalue weighted by Gasteiger charge is 2.34. The van der Waals surface area contributed by atoms with Crippen LogP contribution < -0.4 is 15.0 Å². The zero-order valence-electron chi connectivity index (χ0n) is 20.5. The lowest BCUT2D eigenvalue weighted by Crippen LogP contribution is -2.54. The van der Waals surface area contributed by atoms with Crippen LogP contribution in [0.5, 0.6) is 5.75 Å². The van der Waals surface area contributed by atoms with Crippen molar-refractivity contribution in [2.24, 2.45) is 0 Å². The van der Waals surface area contributed by atoms with Gasteiger partial charge in [0.05, 0.1) is 12.3 Å². The van der Waals surface area contributed by atoms with Crippen molar-refractivity contribution in [3.05, 3.63) is 95.2 Å². The van der Waals surface area contributed by atoms with Crippen LogP contribution in [0.15, 0.2) is 89.5 Å². The van der Waals surface area contributed by atoms with Crippen molar-refractivity contribution in [2.45, 2.75) is 18.4 Å². The molecule has 0 spiro atoms. The number of aromatic nitrogens is 1. The predicted octanol–water partition coefficient (Wildman–Crippen LogP) is 6.32. The molecule has 0 saturated carbocycles. The lowest BCUT2D eigenvalue weighted by atomic mass is 10.1. The molecule has 2 amide bonds. The van der Waals surface area contributed by atoms with E-state index in [0.717, 1.165) is 33.7 Å². The molecule has 0 aliphatic carbocycles. The summed E-state index contributed by atoms with van der Waals surface area (Å²) in [6.07, 6.45) is 3.63. The van der Waals surface area contributed by atoms with Gasteiger partial charge in [-0.2, -0.15) is 0 Å². The Morgan fingerprint density at radius 1 is 1.03 bits per heavy atom. The van der Waals surface area contributed by atoms with Gasteiger partial charge in [-0.1, -0.05) is 29.8 Å². The van der Waals surface area contributed by atoms with Gasteiger partial charge in [0, 0.05) is 44.9 Å². The maximum atomic E-state index is 13.5. The van der Waals surface area contributed by atoms with E-state index in [0.29, 0.717) is 23.1 Å². The molecule has 1 aromatic heterocycles. The van der Waals surface area contributed by atoms with Crippen molar-refractivity contribution in [2.75, 3.05) is 17.3 Å². The van der Waals surface area contributed by atoms with E-state index in [4.69, 9.17) is 28.6 Å². The summed E-state index contributed by atoms with van der Waals surface area (Å²) in [4.78, 5) is 28.9. The summed E-state index contributed by atoms with van der Waals surface area (Å²) in [6.45, 7) is 3.19. The Kier molecular flexibility index (Phi) is 7.83. The number of benzene rings is 3. The van der Waals surface area contributed by atoms with E-state index in [1.165, 1.54) is 4.90 Å². The van der Waals surface area contributed by atoms with Gasteiger partial charge in [-0.3, -0.25) is 19.8 Å². The third-order valence-electron chi connectivity index (χ3n) is 6.04. The Morgan fingerprint density at radius 2 is 1.76 bits per heavy atom. The Morgan fingerprint density at radius 3 is 2.50 bits per heavy atom. The zero-order valence-corrected chi connectivity index (χ0v) is 22.9. The molecule has 2 heterocycles. The molecule has 0 unspecified atom stereocenters. The second kappa shape index (κ2) is 11.4. The summed E-state index contributed by atoms with van der Waals surface area (Å²) in [5, 5.41) is 4.37. The van der Waals surface area contributed by atoms with Crippen LogP contribution in [-0.2, 0) is 16.1 Å². The van der Waals surface area contributed by atoms with E-state index in [1.807, 2.05) is 61.7 Å². The normalized spacial score (nSPS) is 14.8. The van der Waals surface area contributed by atoms with Gasteiger partial charge in [0.2, 0.25) is 0 Å². The van der Waals surface area contributed by atoms with E-state index in [-0.39, 0.29) is 10.7 Å². The minimum Gasteiger partial charge on any atom is -0.494 e. The Labute approximate surface area is 235 Å². The third kappa shape index (κ3) is 5.48. The van der Waals surface area contributed by atoms with Gasteiger partial charge >= 0.3 is 0 Å². The zero-order chi connectivity index (χ0) is 26.6. The standard InChI is InChI=1S/C29H24ClN3O3S2/c1-2-36-22-11-9-21(10-12-22)33-28(35)25(27(34)31-29(33)37)17-19-18-32(26-6-4-3-5-24(19)26)15-16-38-23-13-7-20(30)8-14-23/h3-14,17-18H,2,15-16H2,1H3,(H,31,34,37)/b25-17+. The Balaban J connectivity index is 1.42. The van der Waals surface area contributed by atoms with Gasteiger partial charge in [0.25, 0.3) is 11.8 Å². The molecule has 1 aliphatic rings. The molecule has 9 heteroatoms. The molecular formula is C29H24ClN3O3S2. The molecule has 1 saturated heterocycles. The van der Waals surface area contributed by atoms with Crippen LogP contribution in [0.25, 0.3) is 17.0 Å². The molecule has 4 aromatic rings. The van der Waals surface area contributed by atoms with E-state index in [9.17, 15) is 9.59 Å². The largest absolute Gasteiger partial charge is 0.494 e. The number of ether oxygens (including phenoxy) is 1. The van der Waals surface area contributed by atoms with Gasteiger partial charge in [0.1, 0.15) is 11.3 Å². The maximum Gasteiger partial charge on any atom is 0.270 e. The van der Waals surface area contributed by atoms with Crippen LogP contribution in [0.4, 0.5) is 5.69 Å². The van der Waals surface area contributed by atoms with Crippen LogP contribution in [0.2, 0.25) is 5.02 Å². The second-order valence-corrected chi connectivity index (χ2v) is 10.5. The summed E-state index contributed by atoms with van der Waals surface area (Å²) in [5.74, 6) is 0.541. The molecule has 5 rings (SSSR count). The lowest BCUT2D eigenvalue weighted by Gasteiger charge is -2.29. The second-order valence-electron chi connectivity index (χ2n) is 8.48. The van der Waals surface area contributed by atoms with E-state index in [2.05, 4.69) is 9.88 Å². The number of para-hydroxylation sites is 1. The van der Waals surface area contributed by atoms with Crippen molar-refractivity contribution in [1.29, 1.82) is 0 Å². The third-order valence-corrected chi connectivity index (χ3v) is 7.57. The number of aryl methyl sites for hydroxylation is 1. The highest BCUT2D eigenvalue weighted by atomic mass is 35.5. The van der Waals surface area contributed by atoms with Gasteiger partial charge in [-0.05, 0) is 79.8 Å². The van der Waals surface area contributed by atoms with Crippen molar-refractivity contribution in [1.82, 2.24) is 9.88 Å². The summed E-state index contributed by atoms with van der Waals surface area (Å²) < 4.78 is 7.64. The number of hydrogen-bond acceptors (Lipinski definition) is 5. The summed E-state index contributed by atoms with van der Waals surface area (Å²) in [5.41, 5.74) is 2.38. The predicted molar refractivity (Wildman–Crippen MR) is 158 cm³/mol. The fourth-order valence-electron chi connectivity index (χ4n) is 4.27. The molecule has 38 heavy (non-hydrogen) atoms. The number of carbonyl (C=O) groups excluding carboxylic acids is 2. The first-order valence-electron chi connectivity index (χ1n) is 12.0. The van der Waals surface area contributed by atoms with E-state index < -0.39 is 11.8 Å². The molecular weight excluding hydrogens is 538 g/mol. The number of halogens is 1. The van der Waals surface area contributed by atoms with Crippen LogP contribution in [-0.4, -0.2) is 33.9 Å². The number of nitrogens with one attached hydrogen (secondary N) is 1. The molecule has 1 aliphatic heterocycles. The number of anilines is 1. The average Bonchev–Trinajstić information content (AvgIpc) is 3.26. The summed E-state index contributed by atoms with van der Waals surface area (Å²) in [7, 11) is 0. The Hall–Kier alpha value is -3.59. The molecule has 1 N–H and O–H groups in total. The smallest absolute Gasteiger partial charge is 0.270 e.